The van der Waals surface area contributed by atoms with Crippen LogP contribution in [0.15, 0.2) is 0 Å². The van der Waals surface area contributed by atoms with Gasteiger partial charge >= 0.3 is 0 Å². The van der Waals surface area contributed by atoms with Crippen LogP contribution in [0, 0.1) is 5.92 Å². The van der Waals surface area contributed by atoms with Crippen LogP contribution in [-0.2, 0) is 14.2 Å². The Morgan fingerprint density at radius 3 is 2.50 bits per heavy atom. The first-order valence-corrected chi connectivity index (χ1v) is 5.31. The van der Waals surface area contributed by atoms with E-state index in [1.54, 1.807) is 0 Å². The molecule has 4 nitrogen and oxygen atoms in total. The summed E-state index contributed by atoms with van der Waals surface area (Å²) in [6.07, 6.45) is 1.82. The molecule has 2 fully saturated rings. The number of ether oxygens (including phenoxy) is 3. The minimum absolute atomic E-state index is 0.150. The van der Waals surface area contributed by atoms with E-state index in [4.69, 9.17) is 19.9 Å². The van der Waals surface area contributed by atoms with Crippen LogP contribution < -0.4 is 5.73 Å². The fourth-order valence-electron chi connectivity index (χ4n) is 1.73. The van der Waals surface area contributed by atoms with Crippen LogP contribution in [0.1, 0.15) is 12.8 Å². The van der Waals surface area contributed by atoms with Gasteiger partial charge in [0.1, 0.15) is 0 Å². The van der Waals surface area contributed by atoms with Crippen molar-refractivity contribution < 1.29 is 14.2 Å². The van der Waals surface area contributed by atoms with Gasteiger partial charge in [0, 0.05) is 24.7 Å². The summed E-state index contributed by atoms with van der Waals surface area (Å²) >= 11 is 0. The van der Waals surface area contributed by atoms with E-state index < -0.39 is 0 Å². The fraction of sp³-hybridized carbons (Fsp3) is 1.00. The van der Waals surface area contributed by atoms with Gasteiger partial charge < -0.3 is 19.9 Å². The molecule has 2 N–H and O–H groups in total. The molecule has 0 saturated carbocycles. The van der Waals surface area contributed by atoms with Gasteiger partial charge in [-0.25, -0.2) is 0 Å². The zero-order valence-electron chi connectivity index (χ0n) is 8.54. The van der Waals surface area contributed by atoms with Crippen molar-refractivity contribution in [3.8, 4) is 0 Å². The molecule has 0 atom stereocenters. The van der Waals surface area contributed by atoms with Crippen LogP contribution in [0.2, 0.25) is 0 Å². The van der Waals surface area contributed by atoms with E-state index in [2.05, 4.69) is 0 Å². The standard InChI is InChI=1S/C10H19NO3/c11-10(1-3-12-4-2-10)8-14-7-9-5-13-6-9/h9H,1-8,11H2. The zero-order valence-corrected chi connectivity index (χ0v) is 8.54. The molecule has 0 aromatic carbocycles. The summed E-state index contributed by atoms with van der Waals surface area (Å²) in [5.41, 5.74) is 6.02. The second kappa shape index (κ2) is 4.57. The van der Waals surface area contributed by atoms with Crippen molar-refractivity contribution in [3.63, 3.8) is 0 Å². The van der Waals surface area contributed by atoms with E-state index >= 15 is 0 Å². The molecule has 0 aromatic rings. The molecule has 0 spiro atoms. The minimum Gasteiger partial charge on any atom is -0.381 e. The first-order chi connectivity index (χ1) is 6.79. The van der Waals surface area contributed by atoms with Crippen LogP contribution >= 0.6 is 0 Å². The molecule has 2 aliphatic heterocycles. The average molecular weight is 201 g/mol. The summed E-state index contributed by atoms with van der Waals surface area (Å²) in [4.78, 5) is 0. The molecule has 14 heavy (non-hydrogen) atoms. The van der Waals surface area contributed by atoms with E-state index in [0.29, 0.717) is 12.5 Å². The fourth-order valence-corrected chi connectivity index (χ4v) is 1.73. The van der Waals surface area contributed by atoms with E-state index in [9.17, 15) is 0 Å². The lowest BCUT2D eigenvalue weighted by Gasteiger charge is -2.34. The molecular weight excluding hydrogens is 182 g/mol. The Bertz CT molecular complexity index is 176. The van der Waals surface area contributed by atoms with Crippen molar-refractivity contribution in [2.45, 2.75) is 18.4 Å². The van der Waals surface area contributed by atoms with Gasteiger partial charge in [-0.3, -0.25) is 0 Å². The minimum atomic E-state index is -0.150. The Kier molecular flexibility index (Phi) is 3.38. The number of rotatable bonds is 4. The second-order valence-corrected chi connectivity index (χ2v) is 4.39. The van der Waals surface area contributed by atoms with Crippen molar-refractivity contribution >= 4 is 0 Å². The van der Waals surface area contributed by atoms with Crippen LogP contribution in [0.5, 0.6) is 0 Å². The molecule has 4 heteroatoms. The molecule has 2 heterocycles. The first-order valence-electron chi connectivity index (χ1n) is 5.31. The van der Waals surface area contributed by atoms with Crippen LogP contribution in [0.3, 0.4) is 0 Å². The topological polar surface area (TPSA) is 53.7 Å². The highest BCUT2D eigenvalue weighted by molar-refractivity contribution is 4.86. The summed E-state index contributed by atoms with van der Waals surface area (Å²) in [6.45, 7) is 4.69. The van der Waals surface area contributed by atoms with Gasteiger partial charge in [-0.2, -0.15) is 0 Å². The maximum atomic E-state index is 6.17. The lowest BCUT2D eigenvalue weighted by atomic mass is 9.92. The summed E-state index contributed by atoms with van der Waals surface area (Å²) in [6, 6.07) is 0. The van der Waals surface area contributed by atoms with Crippen molar-refractivity contribution in [1.29, 1.82) is 0 Å². The monoisotopic (exact) mass is 201 g/mol. The molecule has 0 aliphatic carbocycles. The van der Waals surface area contributed by atoms with Crippen LogP contribution in [0.4, 0.5) is 0 Å². The molecule has 0 amide bonds. The summed E-state index contributed by atoms with van der Waals surface area (Å²) in [5, 5.41) is 0. The third kappa shape index (κ3) is 2.67. The van der Waals surface area contributed by atoms with Gasteiger partial charge in [0.25, 0.3) is 0 Å². The Labute approximate surface area is 84.7 Å². The van der Waals surface area contributed by atoms with Gasteiger partial charge in [0.05, 0.1) is 26.4 Å². The van der Waals surface area contributed by atoms with Crippen molar-refractivity contribution in [2.24, 2.45) is 11.7 Å². The molecule has 2 rings (SSSR count). The smallest absolute Gasteiger partial charge is 0.0648 e. The lowest BCUT2D eigenvalue weighted by Crippen LogP contribution is -2.49. The van der Waals surface area contributed by atoms with Crippen LogP contribution in [-0.4, -0.2) is 45.2 Å². The molecule has 2 aliphatic rings. The van der Waals surface area contributed by atoms with Gasteiger partial charge in [-0.1, -0.05) is 0 Å². The largest absolute Gasteiger partial charge is 0.381 e. The summed E-state index contributed by atoms with van der Waals surface area (Å²) in [7, 11) is 0. The van der Waals surface area contributed by atoms with E-state index in [-0.39, 0.29) is 5.54 Å². The Morgan fingerprint density at radius 2 is 1.93 bits per heavy atom. The maximum absolute atomic E-state index is 6.17. The van der Waals surface area contributed by atoms with Crippen molar-refractivity contribution in [3.05, 3.63) is 0 Å². The zero-order chi connectivity index (χ0) is 9.86. The summed E-state index contributed by atoms with van der Waals surface area (Å²) in [5.74, 6) is 0.596. The molecule has 0 aromatic heterocycles. The second-order valence-electron chi connectivity index (χ2n) is 4.39. The molecular formula is C10H19NO3. The molecule has 0 radical (unpaired) electrons. The number of hydrogen-bond acceptors (Lipinski definition) is 4. The molecule has 2 saturated heterocycles. The van der Waals surface area contributed by atoms with E-state index in [1.165, 1.54) is 0 Å². The van der Waals surface area contributed by atoms with Crippen molar-refractivity contribution in [2.75, 3.05) is 39.6 Å². The van der Waals surface area contributed by atoms with E-state index in [1.807, 2.05) is 0 Å². The Hall–Kier alpha value is -0.160. The highest BCUT2D eigenvalue weighted by Gasteiger charge is 2.29. The Balaban J connectivity index is 1.62. The molecule has 82 valence electrons. The SMILES string of the molecule is NC1(COCC2COC2)CCOCC1. The predicted octanol–water partition coefficient (Wildman–Crippen LogP) is 0.157. The lowest BCUT2D eigenvalue weighted by molar-refractivity contribution is -0.0831. The van der Waals surface area contributed by atoms with Gasteiger partial charge in [0.15, 0.2) is 0 Å². The van der Waals surface area contributed by atoms with Gasteiger partial charge in [-0.15, -0.1) is 0 Å². The third-order valence-corrected chi connectivity index (χ3v) is 2.94. The van der Waals surface area contributed by atoms with Gasteiger partial charge in [0.2, 0.25) is 0 Å². The van der Waals surface area contributed by atoms with E-state index in [0.717, 1.165) is 45.9 Å². The normalized spacial score (nSPS) is 27.2. The predicted molar refractivity (Wildman–Crippen MR) is 52.1 cm³/mol. The first kappa shape index (κ1) is 10.4. The Morgan fingerprint density at radius 1 is 1.21 bits per heavy atom. The molecule has 0 unspecified atom stereocenters. The average Bonchev–Trinajstić information content (AvgIpc) is 2.11. The number of hydrogen-bond donors (Lipinski definition) is 1. The highest BCUT2D eigenvalue weighted by atomic mass is 16.5. The van der Waals surface area contributed by atoms with Crippen molar-refractivity contribution in [1.82, 2.24) is 0 Å². The van der Waals surface area contributed by atoms with Crippen LogP contribution in [0.25, 0.3) is 0 Å². The highest BCUT2D eigenvalue weighted by Crippen LogP contribution is 2.19. The van der Waals surface area contributed by atoms with Gasteiger partial charge in [-0.05, 0) is 12.8 Å². The molecule has 0 bridgehead atoms. The quantitative estimate of drug-likeness (QED) is 0.704. The number of nitrogens with two attached hydrogens (primary N) is 1. The summed E-state index contributed by atoms with van der Waals surface area (Å²) < 4.78 is 16.0. The third-order valence-electron chi connectivity index (χ3n) is 2.94. The maximum Gasteiger partial charge on any atom is 0.0648 e.